The summed E-state index contributed by atoms with van der Waals surface area (Å²) >= 11 is 11.9. The van der Waals surface area contributed by atoms with Gasteiger partial charge in [-0.05, 0) is 54.7 Å². The number of aromatic nitrogens is 3. The summed E-state index contributed by atoms with van der Waals surface area (Å²) < 4.78 is 32.5. The summed E-state index contributed by atoms with van der Waals surface area (Å²) in [6, 6.07) is 12.5. The Morgan fingerprint density at radius 3 is 2.47 bits per heavy atom. The van der Waals surface area contributed by atoms with Gasteiger partial charge < -0.3 is 24.8 Å². The van der Waals surface area contributed by atoms with Crippen molar-refractivity contribution in [3.05, 3.63) is 53.8 Å². The summed E-state index contributed by atoms with van der Waals surface area (Å²) in [6.45, 7) is 4.46. The molecule has 2 fully saturated rings. The minimum absolute atomic E-state index is 0.263. The molecule has 2 N–H and O–H groups in total. The molecule has 2 aliphatic rings. The average Bonchev–Trinajstić information content (AvgIpc) is 3.32. The van der Waals surface area contributed by atoms with Gasteiger partial charge in [-0.25, -0.2) is 18.4 Å². The molecule has 38 heavy (non-hydrogen) atoms. The summed E-state index contributed by atoms with van der Waals surface area (Å²) in [6.07, 6.45) is 1.58. The van der Waals surface area contributed by atoms with E-state index in [1.807, 2.05) is 18.2 Å². The number of ether oxygens (including phenoxy) is 1. The van der Waals surface area contributed by atoms with Gasteiger partial charge in [-0.2, -0.15) is 4.31 Å². The molecule has 10 nitrogen and oxygen atoms in total. The van der Waals surface area contributed by atoms with E-state index in [0.29, 0.717) is 49.5 Å². The molecule has 0 spiro atoms. The lowest BCUT2D eigenvalue weighted by atomic mass is 10.2. The van der Waals surface area contributed by atoms with Gasteiger partial charge >= 0.3 is 0 Å². The van der Waals surface area contributed by atoms with Crippen LogP contribution in [-0.4, -0.2) is 90.2 Å². The van der Waals surface area contributed by atoms with Gasteiger partial charge in [-0.1, -0.05) is 11.6 Å². The third kappa shape index (κ3) is 4.78. The van der Waals surface area contributed by atoms with Crippen LogP contribution in [0, 0.1) is 0 Å². The number of H-pyrrole nitrogens is 1. The summed E-state index contributed by atoms with van der Waals surface area (Å²) in [5.41, 5.74) is 2.50. The molecule has 2 aromatic carbocycles. The zero-order valence-corrected chi connectivity index (χ0v) is 22.8. The van der Waals surface area contributed by atoms with Crippen LogP contribution in [0.2, 0.25) is 5.02 Å². The van der Waals surface area contributed by atoms with Crippen LogP contribution in [0.3, 0.4) is 0 Å². The molecule has 0 unspecified atom stereocenters. The molecular formula is C25H26ClN7O3S2. The number of aromatic amines is 1. The van der Waals surface area contributed by atoms with Gasteiger partial charge in [-0.15, -0.1) is 0 Å². The van der Waals surface area contributed by atoms with Crippen molar-refractivity contribution in [3.8, 4) is 0 Å². The molecule has 2 saturated heterocycles. The molecular weight excluding hydrogens is 546 g/mol. The van der Waals surface area contributed by atoms with E-state index in [9.17, 15) is 8.42 Å². The minimum Gasteiger partial charge on any atom is -0.379 e. The summed E-state index contributed by atoms with van der Waals surface area (Å²) in [7, 11) is -3.53. The fraction of sp³-hybridized carbons (Fsp3) is 0.320. The number of nitrogens with one attached hydrogen (secondary N) is 2. The Morgan fingerprint density at radius 2 is 1.74 bits per heavy atom. The predicted molar refractivity (Wildman–Crippen MR) is 152 cm³/mol. The molecule has 0 atom stereocenters. The van der Waals surface area contributed by atoms with Crippen LogP contribution in [0.25, 0.3) is 21.9 Å². The van der Waals surface area contributed by atoms with Gasteiger partial charge in [0.1, 0.15) is 17.8 Å². The molecule has 4 aromatic rings. The van der Waals surface area contributed by atoms with Crippen LogP contribution < -0.4 is 10.2 Å². The minimum atomic E-state index is -3.53. The number of thiocarbonyl (C=S) groups is 1. The number of morpholine rings is 1. The van der Waals surface area contributed by atoms with Crippen LogP contribution >= 0.6 is 23.8 Å². The molecule has 2 aliphatic heterocycles. The van der Waals surface area contributed by atoms with Crippen LogP contribution in [-0.2, 0) is 14.8 Å². The molecule has 0 aliphatic carbocycles. The normalized spacial score (nSPS) is 17.3. The smallest absolute Gasteiger partial charge is 0.243 e. The lowest BCUT2D eigenvalue weighted by Gasteiger charge is -2.37. The number of fused-ring (bicyclic) bond motifs is 3. The van der Waals surface area contributed by atoms with Gasteiger partial charge in [0.2, 0.25) is 10.0 Å². The number of anilines is 2. The van der Waals surface area contributed by atoms with Crippen molar-refractivity contribution in [2.24, 2.45) is 0 Å². The van der Waals surface area contributed by atoms with E-state index in [-0.39, 0.29) is 4.90 Å². The van der Waals surface area contributed by atoms with Crippen LogP contribution in [0.4, 0.5) is 11.5 Å². The van der Waals surface area contributed by atoms with Crippen molar-refractivity contribution >= 4 is 72.4 Å². The predicted octanol–water partition coefficient (Wildman–Crippen LogP) is 3.30. The Bertz CT molecular complexity index is 1600. The maximum atomic E-state index is 12.9. The second-order valence-electron chi connectivity index (χ2n) is 9.18. The Labute approximate surface area is 230 Å². The van der Waals surface area contributed by atoms with Crippen molar-refractivity contribution in [3.63, 3.8) is 0 Å². The highest BCUT2D eigenvalue weighted by Crippen LogP contribution is 2.33. The lowest BCUT2D eigenvalue weighted by Crippen LogP contribution is -2.50. The number of hydrogen-bond donors (Lipinski definition) is 2. The zero-order valence-electron chi connectivity index (χ0n) is 20.4. The standard InChI is InChI=1S/C25H26ClN7O3S2/c26-17-1-6-21-20(15-17)22-23(30-21)27-16-28-24(22)31-7-9-32(10-8-31)25(37)29-18-2-4-19(5-3-18)38(34,35)33-11-13-36-14-12-33/h1-6,15-16H,7-14H2,(H,29,37)(H,27,28,30). The molecule has 0 amide bonds. The molecule has 0 bridgehead atoms. The molecule has 0 saturated carbocycles. The highest BCUT2D eigenvalue weighted by atomic mass is 35.5. The van der Waals surface area contributed by atoms with Crippen molar-refractivity contribution in [1.82, 2.24) is 24.2 Å². The van der Waals surface area contributed by atoms with Gasteiger partial charge in [-0.3, -0.25) is 0 Å². The largest absolute Gasteiger partial charge is 0.379 e. The van der Waals surface area contributed by atoms with Crippen molar-refractivity contribution in [1.29, 1.82) is 0 Å². The first kappa shape index (κ1) is 25.3. The van der Waals surface area contributed by atoms with Gasteiger partial charge in [0.05, 0.1) is 23.5 Å². The Balaban J connectivity index is 1.11. The highest BCUT2D eigenvalue weighted by molar-refractivity contribution is 7.89. The van der Waals surface area contributed by atoms with Crippen molar-refractivity contribution in [2.45, 2.75) is 4.90 Å². The second kappa shape index (κ2) is 10.3. The van der Waals surface area contributed by atoms with Crippen molar-refractivity contribution < 1.29 is 13.2 Å². The number of sulfonamides is 1. The fourth-order valence-electron chi connectivity index (χ4n) is 4.89. The average molecular weight is 572 g/mol. The van der Waals surface area contributed by atoms with Gasteiger partial charge in [0.25, 0.3) is 0 Å². The number of rotatable bonds is 4. The maximum absolute atomic E-state index is 12.9. The monoisotopic (exact) mass is 571 g/mol. The Kier molecular flexibility index (Phi) is 6.82. The molecule has 4 heterocycles. The number of hydrogen-bond acceptors (Lipinski definition) is 7. The van der Waals surface area contributed by atoms with E-state index in [1.165, 1.54) is 4.31 Å². The van der Waals surface area contributed by atoms with E-state index >= 15 is 0 Å². The van der Waals surface area contributed by atoms with E-state index in [1.54, 1.807) is 30.6 Å². The molecule has 13 heteroatoms. The summed E-state index contributed by atoms with van der Waals surface area (Å²) in [5.74, 6) is 0.874. The third-order valence-corrected chi connectivity index (χ3v) is 9.42. The van der Waals surface area contributed by atoms with E-state index in [0.717, 1.165) is 46.5 Å². The van der Waals surface area contributed by atoms with E-state index in [2.05, 4.69) is 30.1 Å². The first-order valence-corrected chi connectivity index (χ1v) is 14.5. The number of piperazine rings is 1. The topological polar surface area (TPSA) is 107 Å². The van der Waals surface area contributed by atoms with E-state index in [4.69, 9.17) is 28.6 Å². The first-order chi connectivity index (χ1) is 18.4. The number of benzene rings is 2. The highest BCUT2D eigenvalue weighted by Gasteiger charge is 2.27. The molecule has 2 aromatic heterocycles. The summed E-state index contributed by atoms with van der Waals surface area (Å²) in [4.78, 5) is 17.0. The SMILES string of the molecule is O=S(=O)(c1ccc(NC(=S)N2CCN(c3ncnc4[nH]c5ccc(Cl)cc5c34)CC2)cc1)N1CCOCC1. The molecule has 6 rings (SSSR count). The zero-order chi connectivity index (χ0) is 26.3. The number of halogens is 1. The summed E-state index contributed by atoms with van der Waals surface area (Å²) in [5, 5.41) is 6.48. The van der Waals surface area contributed by atoms with Gasteiger partial charge in [0.15, 0.2) is 5.11 Å². The van der Waals surface area contributed by atoms with Crippen LogP contribution in [0.15, 0.2) is 53.7 Å². The number of nitrogens with zero attached hydrogens (tertiary/aromatic N) is 5. The first-order valence-electron chi connectivity index (χ1n) is 12.3. The lowest BCUT2D eigenvalue weighted by molar-refractivity contribution is 0.0730. The van der Waals surface area contributed by atoms with Crippen molar-refractivity contribution in [2.75, 3.05) is 62.7 Å². The molecule has 0 radical (unpaired) electrons. The maximum Gasteiger partial charge on any atom is 0.243 e. The van der Waals surface area contributed by atoms with Crippen LogP contribution in [0.5, 0.6) is 0 Å². The van der Waals surface area contributed by atoms with Crippen LogP contribution in [0.1, 0.15) is 0 Å². The fourth-order valence-corrected chi connectivity index (χ4v) is 6.77. The Hall–Kier alpha value is -3.03. The van der Waals surface area contributed by atoms with E-state index < -0.39 is 10.0 Å². The quantitative estimate of drug-likeness (QED) is 0.357. The Morgan fingerprint density at radius 1 is 1.00 bits per heavy atom. The van der Waals surface area contributed by atoms with Gasteiger partial charge in [0, 0.05) is 60.9 Å². The second-order valence-corrected chi connectivity index (χ2v) is 11.9. The third-order valence-electron chi connectivity index (χ3n) is 6.91. The molecule has 198 valence electrons.